The highest BCUT2D eigenvalue weighted by Crippen LogP contribution is 2.33. The predicted molar refractivity (Wildman–Crippen MR) is 79.6 cm³/mol. The van der Waals surface area contributed by atoms with Crippen LogP contribution in [0, 0.1) is 0 Å². The van der Waals surface area contributed by atoms with Crippen LogP contribution < -0.4 is 5.32 Å². The second kappa shape index (κ2) is 5.95. The first kappa shape index (κ1) is 13.7. The minimum absolute atomic E-state index is 0.611. The fourth-order valence-electron chi connectivity index (χ4n) is 1.67. The summed E-state index contributed by atoms with van der Waals surface area (Å²) in [5.74, 6) is 0. The van der Waals surface area contributed by atoms with Crippen LogP contribution in [0.1, 0.15) is 5.69 Å². The van der Waals surface area contributed by atoms with E-state index in [4.69, 9.17) is 23.2 Å². The normalized spacial score (nSPS) is 10.7. The topological polar surface area (TPSA) is 29.9 Å². The van der Waals surface area contributed by atoms with E-state index < -0.39 is 0 Å². The smallest absolute Gasteiger partial charge is 0.0719 e. The van der Waals surface area contributed by atoms with Gasteiger partial charge in [-0.25, -0.2) is 0 Å². The zero-order valence-corrected chi connectivity index (χ0v) is 12.8. The Kier molecular flexibility index (Phi) is 4.54. The number of anilines is 1. The molecule has 1 aromatic carbocycles. The van der Waals surface area contributed by atoms with E-state index in [1.54, 1.807) is 6.20 Å². The van der Waals surface area contributed by atoms with Gasteiger partial charge in [-0.1, -0.05) is 39.1 Å². The number of nitrogens with zero attached hydrogens (tertiary/aromatic N) is 2. The Balaban J connectivity index is 2.01. The minimum atomic E-state index is 0.611. The van der Waals surface area contributed by atoms with Crippen molar-refractivity contribution < 1.29 is 0 Å². The largest absolute Gasteiger partial charge is 0.382 e. The summed E-state index contributed by atoms with van der Waals surface area (Å²) >= 11 is 15.6. The maximum Gasteiger partial charge on any atom is 0.0719 e. The van der Waals surface area contributed by atoms with Crippen LogP contribution in [-0.2, 0) is 13.5 Å². The Morgan fingerprint density at radius 3 is 2.56 bits per heavy atom. The number of hydrogen-bond donors (Lipinski definition) is 1. The fourth-order valence-corrected chi connectivity index (χ4v) is 3.02. The molecule has 0 bridgehead atoms. The number of aryl methyl sites for hydroxylation is 1. The Morgan fingerprint density at radius 1 is 1.33 bits per heavy atom. The van der Waals surface area contributed by atoms with E-state index in [0.717, 1.165) is 28.8 Å². The Hall–Kier alpha value is -0.710. The van der Waals surface area contributed by atoms with Gasteiger partial charge in [0.25, 0.3) is 0 Å². The molecule has 18 heavy (non-hydrogen) atoms. The molecule has 1 heterocycles. The van der Waals surface area contributed by atoms with Gasteiger partial charge in [0.05, 0.1) is 15.7 Å². The fraction of sp³-hybridized carbons (Fsp3) is 0.250. The van der Waals surface area contributed by atoms with Gasteiger partial charge in [-0.3, -0.25) is 4.68 Å². The van der Waals surface area contributed by atoms with Crippen LogP contribution in [0.2, 0.25) is 10.0 Å². The third-order valence-corrected chi connectivity index (χ3v) is 3.67. The van der Waals surface area contributed by atoms with Crippen molar-refractivity contribution in [3.8, 4) is 0 Å². The first-order valence-electron chi connectivity index (χ1n) is 5.43. The highest BCUT2D eigenvalue weighted by atomic mass is 79.9. The molecule has 0 radical (unpaired) electrons. The first-order valence-corrected chi connectivity index (χ1v) is 6.98. The van der Waals surface area contributed by atoms with E-state index >= 15 is 0 Å². The summed E-state index contributed by atoms with van der Waals surface area (Å²) in [4.78, 5) is 0. The molecule has 2 aromatic rings. The summed E-state index contributed by atoms with van der Waals surface area (Å²) in [6, 6.07) is 5.63. The van der Waals surface area contributed by atoms with Gasteiger partial charge in [0.2, 0.25) is 0 Å². The van der Waals surface area contributed by atoms with Crippen molar-refractivity contribution in [3.05, 3.63) is 44.6 Å². The number of aromatic nitrogens is 2. The van der Waals surface area contributed by atoms with Gasteiger partial charge in [0.1, 0.15) is 0 Å². The lowest BCUT2D eigenvalue weighted by molar-refractivity contribution is 0.711. The molecule has 1 N–H and O–H groups in total. The maximum atomic E-state index is 6.13. The van der Waals surface area contributed by atoms with Gasteiger partial charge < -0.3 is 5.32 Å². The van der Waals surface area contributed by atoms with Crippen LogP contribution in [0.5, 0.6) is 0 Å². The van der Waals surface area contributed by atoms with Gasteiger partial charge in [-0.05, 0) is 18.2 Å². The molecular formula is C12H12BrCl2N3. The van der Waals surface area contributed by atoms with Crippen LogP contribution in [0.4, 0.5) is 5.69 Å². The van der Waals surface area contributed by atoms with Crippen molar-refractivity contribution in [2.24, 2.45) is 7.05 Å². The van der Waals surface area contributed by atoms with Crippen molar-refractivity contribution in [2.75, 3.05) is 11.9 Å². The number of nitrogens with one attached hydrogen (secondary N) is 1. The molecular weight excluding hydrogens is 337 g/mol. The van der Waals surface area contributed by atoms with E-state index in [1.165, 1.54) is 0 Å². The van der Waals surface area contributed by atoms with Gasteiger partial charge in [-0.2, -0.15) is 5.10 Å². The van der Waals surface area contributed by atoms with Crippen LogP contribution in [0.3, 0.4) is 0 Å². The summed E-state index contributed by atoms with van der Waals surface area (Å²) in [7, 11) is 1.93. The van der Waals surface area contributed by atoms with Crippen LogP contribution in [0.25, 0.3) is 0 Å². The van der Waals surface area contributed by atoms with Crippen LogP contribution in [0.15, 0.2) is 28.9 Å². The Morgan fingerprint density at radius 2 is 2.00 bits per heavy atom. The molecule has 0 saturated carbocycles. The quantitative estimate of drug-likeness (QED) is 0.899. The lowest BCUT2D eigenvalue weighted by Gasteiger charge is -2.11. The average Bonchev–Trinajstić information content (AvgIpc) is 2.68. The van der Waals surface area contributed by atoms with Crippen molar-refractivity contribution in [2.45, 2.75) is 6.42 Å². The molecule has 0 fully saturated rings. The average molecular weight is 349 g/mol. The molecule has 0 spiro atoms. The summed E-state index contributed by atoms with van der Waals surface area (Å²) in [6.07, 6.45) is 2.65. The lowest BCUT2D eigenvalue weighted by Crippen LogP contribution is -2.09. The molecule has 0 aliphatic carbocycles. The zero-order chi connectivity index (χ0) is 13.1. The van der Waals surface area contributed by atoms with E-state index in [9.17, 15) is 0 Å². The van der Waals surface area contributed by atoms with Crippen molar-refractivity contribution in [1.29, 1.82) is 0 Å². The molecule has 0 saturated heterocycles. The minimum Gasteiger partial charge on any atom is -0.382 e. The predicted octanol–water partition coefficient (Wildman–Crippen LogP) is 4.14. The summed E-state index contributed by atoms with van der Waals surface area (Å²) < 4.78 is 2.72. The second-order valence-corrected chi connectivity index (χ2v) is 5.60. The summed E-state index contributed by atoms with van der Waals surface area (Å²) in [5.41, 5.74) is 1.93. The monoisotopic (exact) mass is 347 g/mol. The molecule has 6 heteroatoms. The second-order valence-electron chi connectivity index (χ2n) is 3.87. The van der Waals surface area contributed by atoms with Crippen LogP contribution >= 0.6 is 39.1 Å². The Labute approximate surface area is 124 Å². The number of rotatable bonds is 4. The van der Waals surface area contributed by atoms with Gasteiger partial charge in [-0.15, -0.1) is 0 Å². The molecule has 0 aliphatic rings. The van der Waals surface area contributed by atoms with Gasteiger partial charge in [0, 0.05) is 36.4 Å². The molecule has 0 amide bonds. The molecule has 3 nitrogen and oxygen atoms in total. The van der Waals surface area contributed by atoms with Gasteiger partial charge in [0.15, 0.2) is 0 Å². The molecule has 1 aromatic heterocycles. The third-order valence-electron chi connectivity index (χ3n) is 2.61. The van der Waals surface area contributed by atoms with Crippen LogP contribution in [-0.4, -0.2) is 16.3 Å². The van der Waals surface area contributed by atoms with E-state index in [0.29, 0.717) is 10.0 Å². The number of hydrogen-bond acceptors (Lipinski definition) is 2. The molecule has 0 unspecified atom stereocenters. The highest BCUT2D eigenvalue weighted by molar-refractivity contribution is 9.10. The highest BCUT2D eigenvalue weighted by Gasteiger charge is 2.07. The van der Waals surface area contributed by atoms with Crippen molar-refractivity contribution in [3.63, 3.8) is 0 Å². The van der Waals surface area contributed by atoms with Gasteiger partial charge >= 0.3 is 0 Å². The molecule has 2 rings (SSSR count). The van der Waals surface area contributed by atoms with Crippen molar-refractivity contribution in [1.82, 2.24) is 9.78 Å². The van der Waals surface area contributed by atoms with E-state index in [1.807, 2.05) is 29.9 Å². The number of halogens is 3. The Bertz CT molecular complexity index is 531. The molecule has 96 valence electrons. The first-order chi connectivity index (χ1) is 8.58. The van der Waals surface area contributed by atoms with Crippen molar-refractivity contribution >= 4 is 44.8 Å². The van der Waals surface area contributed by atoms with E-state index in [-0.39, 0.29) is 0 Å². The SMILES string of the molecule is Cn1nccc1CCNc1c(Cl)cc(Br)cc1Cl. The standard InChI is InChI=1S/C12H12BrCl2N3/c1-18-9(3-5-17-18)2-4-16-12-10(14)6-8(13)7-11(12)15/h3,5-7,16H,2,4H2,1H3. The summed E-state index contributed by atoms with van der Waals surface area (Å²) in [5, 5.41) is 8.59. The molecule has 0 aliphatic heterocycles. The summed E-state index contributed by atoms with van der Waals surface area (Å²) in [6.45, 7) is 0.751. The molecule has 0 atom stereocenters. The third kappa shape index (κ3) is 3.19. The number of benzene rings is 1. The van der Waals surface area contributed by atoms with E-state index in [2.05, 4.69) is 26.3 Å². The zero-order valence-electron chi connectivity index (χ0n) is 9.75. The lowest BCUT2D eigenvalue weighted by atomic mass is 10.2. The maximum absolute atomic E-state index is 6.13.